The van der Waals surface area contributed by atoms with E-state index in [2.05, 4.69) is 4.57 Å². The SMILES string of the molecule is CN(CCCN)C(=O)c1cccn1C1CC1. The molecule has 1 aliphatic carbocycles. The Morgan fingerprint density at radius 2 is 2.38 bits per heavy atom. The van der Waals surface area contributed by atoms with E-state index in [9.17, 15) is 4.79 Å². The Morgan fingerprint density at radius 3 is 3.00 bits per heavy atom. The van der Waals surface area contributed by atoms with Crippen molar-refractivity contribution in [3.63, 3.8) is 0 Å². The zero-order valence-corrected chi connectivity index (χ0v) is 9.72. The molecule has 16 heavy (non-hydrogen) atoms. The summed E-state index contributed by atoms with van der Waals surface area (Å²) in [6.45, 7) is 1.35. The van der Waals surface area contributed by atoms with Gasteiger partial charge in [-0.15, -0.1) is 0 Å². The van der Waals surface area contributed by atoms with Gasteiger partial charge in [-0.05, 0) is 37.9 Å². The molecule has 1 heterocycles. The second kappa shape index (κ2) is 4.70. The van der Waals surface area contributed by atoms with E-state index in [1.54, 1.807) is 4.90 Å². The molecule has 1 aromatic rings. The van der Waals surface area contributed by atoms with E-state index in [0.29, 0.717) is 12.6 Å². The van der Waals surface area contributed by atoms with Crippen LogP contribution in [-0.2, 0) is 0 Å². The highest BCUT2D eigenvalue weighted by atomic mass is 16.2. The predicted octanol–water partition coefficient (Wildman–Crippen LogP) is 1.24. The zero-order chi connectivity index (χ0) is 11.5. The molecular weight excluding hydrogens is 202 g/mol. The van der Waals surface area contributed by atoms with Crippen molar-refractivity contribution < 1.29 is 4.79 Å². The van der Waals surface area contributed by atoms with Crippen molar-refractivity contribution in [2.45, 2.75) is 25.3 Å². The fourth-order valence-corrected chi connectivity index (χ4v) is 1.87. The number of aromatic nitrogens is 1. The predicted molar refractivity (Wildman–Crippen MR) is 63.3 cm³/mol. The Hall–Kier alpha value is -1.29. The lowest BCUT2D eigenvalue weighted by Crippen LogP contribution is -2.30. The summed E-state index contributed by atoms with van der Waals surface area (Å²) in [6, 6.07) is 4.40. The van der Waals surface area contributed by atoms with Gasteiger partial charge in [0.25, 0.3) is 5.91 Å². The van der Waals surface area contributed by atoms with Crippen molar-refractivity contribution in [2.75, 3.05) is 20.1 Å². The highest BCUT2D eigenvalue weighted by Gasteiger charge is 2.27. The summed E-state index contributed by atoms with van der Waals surface area (Å²) in [7, 11) is 1.84. The fourth-order valence-electron chi connectivity index (χ4n) is 1.87. The third-order valence-corrected chi connectivity index (χ3v) is 2.98. The number of amides is 1. The topological polar surface area (TPSA) is 51.3 Å². The molecule has 1 saturated carbocycles. The summed E-state index contributed by atoms with van der Waals surface area (Å²) in [5.41, 5.74) is 6.25. The first-order valence-corrected chi connectivity index (χ1v) is 5.86. The minimum Gasteiger partial charge on any atom is -0.340 e. The summed E-state index contributed by atoms with van der Waals surface area (Å²) >= 11 is 0. The molecule has 2 N–H and O–H groups in total. The number of nitrogens with zero attached hydrogens (tertiary/aromatic N) is 2. The van der Waals surface area contributed by atoms with Gasteiger partial charge in [0.2, 0.25) is 0 Å². The maximum Gasteiger partial charge on any atom is 0.270 e. The summed E-state index contributed by atoms with van der Waals surface area (Å²) in [6.07, 6.45) is 5.25. The number of hydrogen-bond donors (Lipinski definition) is 1. The maximum absolute atomic E-state index is 12.1. The van der Waals surface area contributed by atoms with Crippen LogP contribution >= 0.6 is 0 Å². The number of nitrogens with two attached hydrogens (primary N) is 1. The minimum atomic E-state index is 0.102. The number of rotatable bonds is 5. The molecule has 1 aliphatic rings. The molecule has 2 rings (SSSR count). The van der Waals surface area contributed by atoms with Crippen LogP contribution < -0.4 is 5.73 Å². The van der Waals surface area contributed by atoms with Crippen LogP contribution in [0.1, 0.15) is 35.8 Å². The smallest absolute Gasteiger partial charge is 0.270 e. The van der Waals surface area contributed by atoms with Gasteiger partial charge in [-0.3, -0.25) is 4.79 Å². The first-order chi connectivity index (χ1) is 7.74. The van der Waals surface area contributed by atoms with Crippen molar-refractivity contribution >= 4 is 5.91 Å². The third kappa shape index (κ3) is 2.27. The van der Waals surface area contributed by atoms with Crippen molar-refractivity contribution in [3.8, 4) is 0 Å². The minimum absolute atomic E-state index is 0.102. The molecule has 0 bridgehead atoms. The lowest BCUT2D eigenvalue weighted by Gasteiger charge is -2.17. The van der Waals surface area contributed by atoms with Gasteiger partial charge < -0.3 is 15.2 Å². The number of carbonyl (C=O) groups is 1. The Labute approximate surface area is 96.0 Å². The van der Waals surface area contributed by atoms with E-state index >= 15 is 0 Å². The van der Waals surface area contributed by atoms with Gasteiger partial charge in [0.1, 0.15) is 5.69 Å². The molecule has 0 saturated heterocycles. The van der Waals surface area contributed by atoms with Gasteiger partial charge in [0, 0.05) is 25.8 Å². The van der Waals surface area contributed by atoms with Crippen LogP contribution in [0.5, 0.6) is 0 Å². The van der Waals surface area contributed by atoms with Gasteiger partial charge >= 0.3 is 0 Å². The molecule has 0 atom stereocenters. The molecule has 0 unspecified atom stereocenters. The summed E-state index contributed by atoms with van der Waals surface area (Å²) in [4.78, 5) is 13.9. The molecular formula is C12H19N3O. The number of carbonyl (C=O) groups excluding carboxylic acids is 1. The van der Waals surface area contributed by atoms with Gasteiger partial charge in [0.05, 0.1) is 0 Å². The van der Waals surface area contributed by atoms with Crippen LogP contribution in [0.4, 0.5) is 0 Å². The van der Waals surface area contributed by atoms with E-state index < -0.39 is 0 Å². The van der Waals surface area contributed by atoms with E-state index in [-0.39, 0.29) is 5.91 Å². The summed E-state index contributed by atoms with van der Waals surface area (Å²) < 4.78 is 2.10. The van der Waals surface area contributed by atoms with Crippen LogP contribution in [0.2, 0.25) is 0 Å². The molecule has 0 aliphatic heterocycles. The molecule has 1 fully saturated rings. The molecule has 4 nitrogen and oxygen atoms in total. The summed E-state index contributed by atoms with van der Waals surface area (Å²) in [5, 5.41) is 0. The molecule has 0 aromatic carbocycles. The van der Waals surface area contributed by atoms with Gasteiger partial charge in [-0.1, -0.05) is 0 Å². The van der Waals surface area contributed by atoms with Crippen LogP contribution in [-0.4, -0.2) is 35.5 Å². The number of hydrogen-bond acceptors (Lipinski definition) is 2. The molecule has 88 valence electrons. The molecule has 4 heteroatoms. The zero-order valence-electron chi connectivity index (χ0n) is 9.72. The quantitative estimate of drug-likeness (QED) is 0.813. The van der Waals surface area contributed by atoms with Gasteiger partial charge in [-0.2, -0.15) is 0 Å². The fraction of sp³-hybridized carbons (Fsp3) is 0.583. The maximum atomic E-state index is 12.1. The van der Waals surface area contributed by atoms with Crippen molar-refractivity contribution in [3.05, 3.63) is 24.0 Å². The molecule has 0 radical (unpaired) electrons. The van der Waals surface area contributed by atoms with E-state index in [0.717, 1.165) is 18.7 Å². The van der Waals surface area contributed by atoms with Crippen LogP contribution in [0.3, 0.4) is 0 Å². The average Bonchev–Trinajstić information content (AvgIpc) is 3.03. The molecule has 0 spiro atoms. The van der Waals surface area contributed by atoms with E-state index in [1.807, 2.05) is 25.4 Å². The second-order valence-electron chi connectivity index (χ2n) is 4.40. The first kappa shape index (κ1) is 11.2. The monoisotopic (exact) mass is 221 g/mol. The van der Waals surface area contributed by atoms with Gasteiger partial charge in [-0.25, -0.2) is 0 Å². The van der Waals surface area contributed by atoms with Crippen LogP contribution in [0, 0.1) is 0 Å². The Kier molecular flexibility index (Phi) is 3.29. The molecule has 1 amide bonds. The normalized spacial score (nSPS) is 15.1. The Bertz CT molecular complexity index is 368. The van der Waals surface area contributed by atoms with E-state index in [1.165, 1.54) is 12.8 Å². The van der Waals surface area contributed by atoms with Crippen LogP contribution in [0.15, 0.2) is 18.3 Å². The standard InChI is InChI=1S/C12H19N3O/c1-14(8-3-7-13)12(16)11-4-2-9-15(11)10-5-6-10/h2,4,9-10H,3,5-8,13H2,1H3. The van der Waals surface area contributed by atoms with Crippen molar-refractivity contribution in [2.24, 2.45) is 5.73 Å². The third-order valence-electron chi connectivity index (χ3n) is 2.98. The van der Waals surface area contributed by atoms with Crippen molar-refractivity contribution in [1.82, 2.24) is 9.47 Å². The lowest BCUT2D eigenvalue weighted by molar-refractivity contribution is 0.0783. The summed E-state index contributed by atoms with van der Waals surface area (Å²) in [5.74, 6) is 0.102. The average molecular weight is 221 g/mol. The van der Waals surface area contributed by atoms with Crippen LogP contribution in [0.25, 0.3) is 0 Å². The van der Waals surface area contributed by atoms with Crippen molar-refractivity contribution in [1.29, 1.82) is 0 Å². The van der Waals surface area contributed by atoms with Gasteiger partial charge in [0.15, 0.2) is 0 Å². The van der Waals surface area contributed by atoms with E-state index in [4.69, 9.17) is 5.73 Å². The largest absolute Gasteiger partial charge is 0.340 e. The first-order valence-electron chi connectivity index (χ1n) is 5.86. The second-order valence-corrected chi connectivity index (χ2v) is 4.40. The Balaban J connectivity index is 2.04. The lowest BCUT2D eigenvalue weighted by atomic mass is 10.3. The molecule has 1 aromatic heterocycles. The Morgan fingerprint density at radius 1 is 1.62 bits per heavy atom. The highest BCUT2D eigenvalue weighted by molar-refractivity contribution is 5.92. The highest BCUT2D eigenvalue weighted by Crippen LogP contribution is 2.36.